The van der Waals surface area contributed by atoms with E-state index >= 15 is 0 Å². The number of benzene rings is 1. The lowest BCUT2D eigenvalue weighted by Gasteiger charge is -2.17. The molecule has 0 fully saturated rings. The Hall–Kier alpha value is -2.55. The van der Waals surface area contributed by atoms with E-state index in [1.165, 1.54) is 0 Å². The molecule has 1 atom stereocenters. The van der Waals surface area contributed by atoms with E-state index in [2.05, 4.69) is 10.6 Å². The SMILES string of the molecule is CCCCOC(=O)NCC(C(=O)NCCC#N)c1ccccc1. The number of hydrogen-bond donors (Lipinski definition) is 2. The number of hydrogen-bond acceptors (Lipinski definition) is 4. The van der Waals surface area contributed by atoms with Gasteiger partial charge < -0.3 is 15.4 Å². The molecular formula is C17H23N3O3. The third-order valence-electron chi connectivity index (χ3n) is 3.24. The van der Waals surface area contributed by atoms with Gasteiger partial charge in [0.05, 0.1) is 25.0 Å². The number of ether oxygens (including phenoxy) is 1. The standard InChI is InChI=1S/C17H23N3O3/c1-2-3-12-23-17(22)20-13-15(14-8-5-4-6-9-14)16(21)19-11-7-10-18/h4-6,8-9,15H,2-3,7,11-13H2,1H3,(H,19,21)(H,20,22). The van der Waals surface area contributed by atoms with Crippen LogP contribution in [-0.2, 0) is 9.53 Å². The minimum atomic E-state index is -0.524. The van der Waals surface area contributed by atoms with Gasteiger partial charge in [0.15, 0.2) is 0 Å². The van der Waals surface area contributed by atoms with E-state index in [-0.39, 0.29) is 18.9 Å². The summed E-state index contributed by atoms with van der Waals surface area (Å²) in [5.41, 5.74) is 0.802. The van der Waals surface area contributed by atoms with Gasteiger partial charge in [-0.05, 0) is 12.0 Å². The predicted octanol–water partition coefficient (Wildman–Crippen LogP) is 2.33. The molecule has 1 rings (SSSR count). The maximum atomic E-state index is 12.3. The molecule has 0 radical (unpaired) electrons. The van der Waals surface area contributed by atoms with Crippen molar-refractivity contribution in [2.45, 2.75) is 32.1 Å². The van der Waals surface area contributed by atoms with Gasteiger partial charge in [0.2, 0.25) is 5.91 Å². The minimum Gasteiger partial charge on any atom is -0.450 e. The summed E-state index contributed by atoms with van der Waals surface area (Å²) in [6.45, 7) is 2.82. The molecule has 2 N–H and O–H groups in total. The Morgan fingerprint density at radius 3 is 2.65 bits per heavy atom. The van der Waals surface area contributed by atoms with Crippen molar-refractivity contribution in [3.63, 3.8) is 0 Å². The largest absolute Gasteiger partial charge is 0.450 e. The van der Waals surface area contributed by atoms with E-state index in [1.807, 2.05) is 43.3 Å². The molecule has 1 aromatic rings. The van der Waals surface area contributed by atoms with Gasteiger partial charge in [-0.1, -0.05) is 43.7 Å². The van der Waals surface area contributed by atoms with E-state index in [0.717, 1.165) is 18.4 Å². The molecule has 6 heteroatoms. The fourth-order valence-corrected chi connectivity index (χ4v) is 1.96. The lowest BCUT2D eigenvalue weighted by atomic mass is 9.98. The lowest BCUT2D eigenvalue weighted by Crippen LogP contribution is -2.38. The van der Waals surface area contributed by atoms with Crippen molar-refractivity contribution in [3.05, 3.63) is 35.9 Å². The van der Waals surface area contributed by atoms with Gasteiger partial charge in [0.25, 0.3) is 0 Å². The third kappa shape index (κ3) is 7.32. The summed E-state index contributed by atoms with van der Waals surface area (Å²) in [4.78, 5) is 23.9. The topological polar surface area (TPSA) is 91.2 Å². The highest BCUT2D eigenvalue weighted by Crippen LogP contribution is 2.15. The summed E-state index contributed by atoms with van der Waals surface area (Å²) >= 11 is 0. The average Bonchev–Trinajstić information content (AvgIpc) is 2.56. The Kier molecular flexibility index (Phi) is 8.91. The molecule has 1 aromatic carbocycles. The van der Waals surface area contributed by atoms with Crippen molar-refractivity contribution in [1.82, 2.24) is 10.6 Å². The van der Waals surface area contributed by atoms with Crippen LogP contribution in [0.1, 0.15) is 37.7 Å². The van der Waals surface area contributed by atoms with Crippen LogP contribution in [0.25, 0.3) is 0 Å². The Morgan fingerprint density at radius 2 is 2.00 bits per heavy atom. The van der Waals surface area contributed by atoms with Gasteiger partial charge in [-0.25, -0.2) is 4.79 Å². The Labute approximate surface area is 136 Å². The molecule has 0 bridgehead atoms. The van der Waals surface area contributed by atoms with Gasteiger partial charge in [-0.15, -0.1) is 0 Å². The number of unbranched alkanes of at least 4 members (excludes halogenated alkanes) is 1. The van der Waals surface area contributed by atoms with Crippen molar-refractivity contribution in [2.24, 2.45) is 0 Å². The summed E-state index contributed by atoms with van der Waals surface area (Å²) in [6, 6.07) is 11.2. The quantitative estimate of drug-likeness (QED) is 0.684. The second-order valence-corrected chi connectivity index (χ2v) is 5.03. The zero-order chi connectivity index (χ0) is 16.9. The van der Waals surface area contributed by atoms with Crippen LogP contribution in [0.4, 0.5) is 4.79 Å². The molecule has 0 aromatic heterocycles. The van der Waals surface area contributed by atoms with Crippen LogP contribution >= 0.6 is 0 Å². The van der Waals surface area contributed by atoms with Crippen LogP contribution in [0, 0.1) is 11.3 Å². The van der Waals surface area contributed by atoms with Crippen molar-refractivity contribution >= 4 is 12.0 Å². The number of amides is 2. The summed E-state index contributed by atoms with van der Waals surface area (Å²) in [7, 11) is 0. The van der Waals surface area contributed by atoms with Crippen molar-refractivity contribution in [2.75, 3.05) is 19.7 Å². The van der Waals surface area contributed by atoms with E-state index in [0.29, 0.717) is 13.2 Å². The van der Waals surface area contributed by atoms with Gasteiger partial charge in [0, 0.05) is 13.1 Å². The second-order valence-electron chi connectivity index (χ2n) is 5.03. The van der Waals surface area contributed by atoms with E-state index < -0.39 is 12.0 Å². The third-order valence-corrected chi connectivity index (χ3v) is 3.24. The van der Waals surface area contributed by atoms with Gasteiger partial charge in [-0.2, -0.15) is 5.26 Å². The number of carbonyl (C=O) groups is 2. The highest BCUT2D eigenvalue weighted by atomic mass is 16.5. The van der Waals surface area contributed by atoms with Gasteiger partial charge in [-0.3, -0.25) is 4.79 Å². The summed E-state index contributed by atoms with van der Waals surface area (Å²) in [5.74, 6) is -0.742. The average molecular weight is 317 g/mol. The molecule has 0 aliphatic carbocycles. The maximum absolute atomic E-state index is 12.3. The summed E-state index contributed by atoms with van der Waals surface area (Å²) in [5, 5.41) is 13.9. The Bertz CT molecular complexity index is 526. The molecule has 0 spiro atoms. The number of alkyl carbamates (subject to hydrolysis) is 1. The summed E-state index contributed by atoms with van der Waals surface area (Å²) in [6.07, 6.45) is 1.48. The van der Waals surface area contributed by atoms with Crippen molar-refractivity contribution in [1.29, 1.82) is 5.26 Å². The lowest BCUT2D eigenvalue weighted by molar-refractivity contribution is -0.122. The first kappa shape index (κ1) is 18.5. The molecule has 0 saturated carbocycles. The molecule has 23 heavy (non-hydrogen) atoms. The fourth-order valence-electron chi connectivity index (χ4n) is 1.96. The highest BCUT2D eigenvalue weighted by Gasteiger charge is 2.21. The molecule has 2 amide bonds. The molecule has 124 valence electrons. The number of nitrogens with one attached hydrogen (secondary N) is 2. The Morgan fingerprint density at radius 1 is 1.26 bits per heavy atom. The molecule has 0 heterocycles. The van der Waals surface area contributed by atoms with Crippen LogP contribution in [0.15, 0.2) is 30.3 Å². The number of nitrogens with zero attached hydrogens (tertiary/aromatic N) is 1. The first-order chi connectivity index (χ1) is 11.2. The first-order valence-electron chi connectivity index (χ1n) is 7.79. The van der Waals surface area contributed by atoms with Crippen LogP contribution in [0.2, 0.25) is 0 Å². The van der Waals surface area contributed by atoms with E-state index in [4.69, 9.17) is 10.00 Å². The van der Waals surface area contributed by atoms with E-state index in [1.54, 1.807) is 0 Å². The summed E-state index contributed by atoms with van der Waals surface area (Å²) < 4.78 is 5.02. The van der Waals surface area contributed by atoms with Crippen LogP contribution < -0.4 is 10.6 Å². The minimum absolute atomic E-state index is 0.146. The predicted molar refractivity (Wildman–Crippen MR) is 86.7 cm³/mol. The van der Waals surface area contributed by atoms with Gasteiger partial charge in [0.1, 0.15) is 0 Å². The number of rotatable bonds is 9. The van der Waals surface area contributed by atoms with Crippen molar-refractivity contribution in [3.8, 4) is 6.07 Å². The number of carbonyl (C=O) groups excluding carboxylic acids is 2. The van der Waals surface area contributed by atoms with Crippen molar-refractivity contribution < 1.29 is 14.3 Å². The molecule has 0 aliphatic heterocycles. The Balaban J connectivity index is 2.60. The molecule has 1 unspecified atom stereocenters. The molecular weight excluding hydrogens is 294 g/mol. The first-order valence-corrected chi connectivity index (χ1v) is 7.79. The second kappa shape index (κ2) is 11.1. The molecule has 0 aliphatic rings. The zero-order valence-corrected chi connectivity index (χ0v) is 13.4. The highest BCUT2D eigenvalue weighted by molar-refractivity contribution is 5.84. The monoisotopic (exact) mass is 317 g/mol. The number of nitriles is 1. The smallest absolute Gasteiger partial charge is 0.407 e. The van der Waals surface area contributed by atoms with Crippen LogP contribution in [-0.4, -0.2) is 31.7 Å². The normalized spacial score (nSPS) is 11.1. The van der Waals surface area contributed by atoms with Gasteiger partial charge >= 0.3 is 6.09 Å². The van der Waals surface area contributed by atoms with E-state index in [9.17, 15) is 9.59 Å². The zero-order valence-electron chi connectivity index (χ0n) is 13.4. The van der Waals surface area contributed by atoms with Crippen LogP contribution in [0.3, 0.4) is 0 Å². The molecule has 0 saturated heterocycles. The van der Waals surface area contributed by atoms with Crippen LogP contribution in [0.5, 0.6) is 0 Å². The fraction of sp³-hybridized carbons (Fsp3) is 0.471. The molecule has 6 nitrogen and oxygen atoms in total. The maximum Gasteiger partial charge on any atom is 0.407 e.